The summed E-state index contributed by atoms with van der Waals surface area (Å²) < 4.78 is 5.64. The molecule has 2 rings (SSSR count). The maximum Gasteiger partial charge on any atom is 0.166 e. The Labute approximate surface area is 85.7 Å². The van der Waals surface area contributed by atoms with Gasteiger partial charge in [-0.3, -0.25) is 0 Å². The minimum absolute atomic E-state index is 0.141. The van der Waals surface area contributed by atoms with Crippen molar-refractivity contribution in [3.63, 3.8) is 0 Å². The molecule has 0 radical (unpaired) electrons. The first-order valence-corrected chi connectivity index (χ1v) is 5.09. The summed E-state index contributed by atoms with van der Waals surface area (Å²) in [4.78, 5) is 0.141. The van der Waals surface area contributed by atoms with Crippen LogP contribution in [-0.2, 0) is 0 Å². The Morgan fingerprint density at radius 2 is 2.15 bits per heavy atom. The third-order valence-corrected chi connectivity index (χ3v) is 3.87. The normalized spacial score (nSPS) is 23.8. The fraction of sp³-hybridized carbons (Fsp3) is 0.400. The van der Waals surface area contributed by atoms with Crippen LogP contribution >= 0.6 is 15.9 Å². The molecule has 1 aliphatic rings. The molecule has 0 fully saturated rings. The van der Waals surface area contributed by atoms with E-state index in [9.17, 15) is 5.11 Å². The van der Waals surface area contributed by atoms with Crippen LogP contribution in [0.15, 0.2) is 18.2 Å². The van der Waals surface area contributed by atoms with Crippen LogP contribution in [0.5, 0.6) is 11.5 Å². The molecule has 0 amide bonds. The summed E-state index contributed by atoms with van der Waals surface area (Å²) in [6, 6.07) is 5.43. The summed E-state index contributed by atoms with van der Waals surface area (Å²) in [6.07, 6.45) is 0. The van der Waals surface area contributed by atoms with E-state index < -0.39 is 0 Å². The lowest BCUT2D eigenvalue weighted by Crippen LogP contribution is -2.26. The zero-order valence-corrected chi connectivity index (χ0v) is 9.13. The van der Waals surface area contributed by atoms with Crippen LogP contribution in [0.25, 0.3) is 0 Å². The van der Waals surface area contributed by atoms with Crippen molar-refractivity contribution in [1.82, 2.24) is 0 Å². The number of fused-ring (bicyclic) bond motifs is 1. The molecule has 1 atom stereocenters. The third kappa shape index (κ3) is 1.22. The Balaban J connectivity index is 2.56. The summed E-state index contributed by atoms with van der Waals surface area (Å²) in [5, 5.41) is 9.54. The highest BCUT2D eigenvalue weighted by molar-refractivity contribution is 9.09. The van der Waals surface area contributed by atoms with Crippen LogP contribution in [-0.4, -0.2) is 10.7 Å². The highest BCUT2D eigenvalue weighted by atomic mass is 79.9. The van der Waals surface area contributed by atoms with Crippen LogP contribution in [0.1, 0.15) is 24.2 Å². The Kier molecular flexibility index (Phi) is 1.80. The van der Waals surface area contributed by atoms with E-state index in [1.165, 1.54) is 0 Å². The molecule has 0 saturated carbocycles. The highest BCUT2D eigenvalue weighted by Gasteiger charge is 2.40. The number of hydrogen-bond donors (Lipinski definition) is 1. The van der Waals surface area contributed by atoms with Crippen molar-refractivity contribution in [3.8, 4) is 11.5 Å². The molecule has 3 heteroatoms. The van der Waals surface area contributed by atoms with Crippen LogP contribution in [0.4, 0.5) is 0 Å². The van der Waals surface area contributed by atoms with Gasteiger partial charge in [0.25, 0.3) is 0 Å². The smallest absolute Gasteiger partial charge is 0.166 e. The Morgan fingerprint density at radius 1 is 1.46 bits per heavy atom. The molecule has 1 aromatic carbocycles. The predicted molar refractivity (Wildman–Crippen MR) is 54.5 cm³/mol. The molecule has 2 nitrogen and oxygen atoms in total. The summed E-state index contributed by atoms with van der Waals surface area (Å²) in [5.41, 5.74) is 0.728. The van der Waals surface area contributed by atoms with Gasteiger partial charge in [-0.05, 0) is 19.9 Å². The van der Waals surface area contributed by atoms with Gasteiger partial charge in [0.05, 0.1) is 4.83 Å². The molecule has 0 spiro atoms. The molecule has 0 bridgehead atoms. The van der Waals surface area contributed by atoms with E-state index in [0.717, 1.165) is 5.56 Å². The second-order valence-corrected chi connectivity index (χ2v) is 4.68. The quantitative estimate of drug-likeness (QED) is 0.709. The van der Waals surface area contributed by atoms with E-state index in [-0.39, 0.29) is 16.2 Å². The first-order valence-electron chi connectivity index (χ1n) is 4.17. The number of phenols is 1. The summed E-state index contributed by atoms with van der Waals surface area (Å²) >= 11 is 3.56. The molecule has 0 saturated heterocycles. The monoisotopic (exact) mass is 242 g/mol. The van der Waals surface area contributed by atoms with E-state index in [1.807, 2.05) is 26.0 Å². The summed E-state index contributed by atoms with van der Waals surface area (Å²) in [7, 11) is 0. The van der Waals surface area contributed by atoms with Gasteiger partial charge in [0, 0.05) is 5.56 Å². The van der Waals surface area contributed by atoms with Crippen molar-refractivity contribution in [2.45, 2.75) is 24.3 Å². The Hall–Kier alpha value is -0.700. The number of aromatic hydroxyl groups is 1. The van der Waals surface area contributed by atoms with Crippen molar-refractivity contribution >= 4 is 15.9 Å². The lowest BCUT2D eigenvalue weighted by atomic mass is 10.0. The minimum Gasteiger partial charge on any atom is -0.504 e. The molecule has 1 aliphatic heterocycles. The van der Waals surface area contributed by atoms with Gasteiger partial charge in [0.15, 0.2) is 11.5 Å². The number of para-hydroxylation sites is 1. The summed E-state index contributed by atoms with van der Waals surface area (Å²) in [6.45, 7) is 3.98. The molecule has 1 N–H and O–H groups in total. The molecule has 13 heavy (non-hydrogen) atoms. The fourth-order valence-corrected chi connectivity index (χ4v) is 2.00. The third-order valence-electron chi connectivity index (χ3n) is 2.27. The highest BCUT2D eigenvalue weighted by Crippen LogP contribution is 2.51. The number of alkyl halides is 1. The van der Waals surface area contributed by atoms with E-state index in [2.05, 4.69) is 15.9 Å². The predicted octanol–water partition coefficient (Wildman–Crippen LogP) is 3.00. The average Bonchev–Trinajstić information content (AvgIpc) is 2.28. The molecule has 0 aromatic heterocycles. The number of ether oxygens (including phenoxy) is 1. The first kappa shape index (κ1) is 8.88. The number of phenolic OH excluding ortho intramolecular Hbond substituents is 1. The Morgan fingerprint density at radius 3 is 2.77 bits per heavy atom. The van der Waals surface area contributed by atoms with E-state index in [1.54, 1.807) is 6.07 Å². The van der Waals surface area contributed by atoms with Gasteiger partial charge < -0.3 is 9.84 Å². The zero-order valence-electron chi connectivity index (χ0n) is 7.54. The molecular weight excluding hydrogens is 232 g/mol. The maximum absolute atomic E-state index is 9.54. The van der Waals surface area contributed by atoms with Crippen molar-refractivity contribution in [2.75, 3.05) is 0 Å². The SMILES string of the molecule is CC1(C)Oc2c(O)cccc2C1Br. The number of benzene rings is 1. The largest absolute Gasteiger partial charge is 0.504 e. The first-order chi connectivity index (χ1) is 6.02. The number of halogens is 1. The van der Waals surface area contributed by atoms with Crippen LogP contribution < -0.4 is 4.74 Å². The summed E-state index contributed by atoms with van der Waals surface area (Å²) in [5.74, 6) is 0.821. The zero-order chi connectivity index (χ0) is 9.64. The number of rotatable bonds is 0. The van der Waals surface area contributed by atoms with E-state index >= 15 is 0 Å². The lowest BCUT2D eigenvalue weighted by molar-refractivity contribution is 0.133. The van der Waals surface area contributed by atoms with Crippen molar-refractivity contribution in [2.24, 2.45) is 0 Å². The van der Waals surface area contributed by atoms with E-state index in [0.29, 0.717) is 5.75 Å². The van der Waals surface area contributed by atoms with Crippen LogP contribution in [0.3, 0.4) is 0 Å². The standard InChI is InChI=1S/C10H11BrO2/c1-10(2)9(11)6-4-3-5-7(12)8(6)13-10/h3-5,9,12H,1-2H3. The minimum atomic E-state index is -0.291. The molecule has 1 unspecified atom stereocenters. The average molecular weight is 243 g/mol. The molecular formula is C10H11BrO2. The van der Waals surface area contributed by atoms with Gasteiger partial charge in [-0.25, -0.2) is 0 Å². The van der Waals surface area contributed by atoms with Crippen LogP contribution in [0.2, 0.25) is 0 Å². The van der Waals surface area contributed by atoms with Crippen LogP contribution in [0, 0.1) is 0 Å². The van der Waals surface area contributed by atoms with Crippen molar-refractivity contribution in [3.05, 3.63) is 23.8 Å². The number of hydrogen-bond acceptors (Lipinski definition) is 2. The maximum atomic E-state index is 9.54. The molecule has 70 valence electrons. The second-order valence-electron chi connectivity index (χ2n) is 3.76. The van der Waals surface area contributed by atoms with Gasteiger partial charge in [0.1, 0.15) is 5.60 Å². The van der Waals surface area contributed by atoms with Gasteiger partial charge in [0.2, 0.25) is 0 Å². The lowest BCUT2D eigenvalue weighted by Gasteiger charge is -2.21. The van der Waals surface area contributed by atoms with E-state index in [4.69, 9.17) is 4.74 Å². The van der Waals surface area contributed by atoms with Crippen molar-refractivity contribution < 1.29 is 9.84 Å². The van der Waals surface area contributed by atoms with Gasteiger partial charge in [-0.15, -0.1) is 0 Å². The van der Waals surface area contributed by atoms with Crippen molar-refractivity contribution in [1.29, 1.82) is 0 Å². The molecule has 0 aliphatic carbocycles. The second kappa shape index (κ2) is 2.64. The van der Waals surface area contributed by atoms with Gasteiger partial charge in [-0.2, -0.15) is 0 Å². The van der Waals surface area contributed by atoms with Gasteiger partial charge >= 0.3 is 0 Å². The van der Waals surface area contributed by atoms with Gasteiger partial charge in [-0.1, -0.05) is 28.1 Å². The fourth-order valence-electron chi connectivity index (χ4n) is 1.54. The molecule has 1 heterocycles. The topological polar surface area (TPSA) is 29.5 Å². The molecule has 1 aromatic rings. The Bertz CT molecular complexity index is 347.